The molecule has 1 rings (SSSR count). The van der Waals surface area contributed by atoms with Gasteiger partial charge in [-0.3, -0.25) is 0 Å². The lowest BCUT2D eigenvalue weighted by Crippen LogP contribution is -2.20. The molecule has 2 heteroatoms. The fourth-order valence-electron chi connectivity index (χ4n) is 1.33. The van der Waals surface area contributed by atoms with Crippen molar-refractivity contribution in [3.05, 3.63) is 11.5 Å². The van der Waals surface area contributed by atoms with Crippen molar-refractivity contribution < 1.29 is 10.2 Å². The Hall–Kier alpha value is -0.660. The molecule has 0 unspecified atom stereocenters. The van der Waals surface area contributed by atoms with Crippen molar-refractivity contribution in [3.8, 4) is 0 Å². The molecule has 0 radical (unpaired) electrons. The lowest BCUT2D eigenvalue weighted by Gasteiger charge is -2.28. The molecule has 0 atom stereocenters. The summed E-state index contributed by atoms with van der Waals surface area (Å²) in [4.78, 5) is 0. The predicted molar refractivity (Wildman–Crippen MR) is 39.9 cm³/mol. The smallest absolute Gasteiger partial charge is 0.135 e. The molecule has 0 saturated carbocycles. The van der Waals surface area contributed by atoms with E-state index in [-0.39, 0.29) is 16.9 Å². The number of aliphatic hydroxyl groups is 2. The minimum Gasteiger partial charge on any atom is -0.509 e. The maximum absolute atomic E-state index is 9.34. The van der Waals surface area contributed by atoms with E-state index in [0.717, 1.165) is 12.8 Å². The van der Waals surface area contributed by atoms with Crippen LogP contribution in [0.25, 0.3) is 0 Å². The first-order valence-corrected chi connectivity index (χ1v) is 3.65. The molecule has 0 aromatic heterocycles. The Morgan fingerprint density at radius 1 is 1.30 bits per heavy atom. The molecule has 1 aliphatic carbocycles. The van der Waals surface area contributed by atoms with Gasteiger partial charge in [-0.25, -0.2) is 0 Å². The molecular weight excluding hydrogens is 128 g/mol. The predicted octanol–water partition coefficient (Wildman–Crippen LogP) is 2.52. The molecule has 0 aromatic rings. The van der Waals surface area contributed by atoms with Gasteiger partial charge in [0.25, 0.3) is 0 Å². The van der Waals surface area contributed by atoms with Crippen LogP contribution < -0.4 is 0 Å². The van der Waals surface area contributed by atoms with Gasteiger partial charge in [0.2, 0.25) is 0 Å². The molecule has 1 aliphatic rings. The summed E-state index contributed by atoms with van der Waals surface area (Å²) in [5, 5.41) is 18.5. The zero-order chi connectivity index (χ0) is 7.78. The lowest BCUT2D eigenvalue weighted by molar-refractivity contribution is 0.177. The molecule has 2 nitrogen and oxygen atoms in total. The summed E-state index contributed by atoms with van der Waals surface area (Å²) in [5.74, 6) is 0.356. The van der Waals surface area contributed by atoms with Gasteiger partial charge in [-0.2, -0.15) is 0 Å². The summed E-state index contributed by atoms with van der Waals surface area (Å²) >= 11 is 0. The standard InChI is InChI=1S/C8H14O2/c1-8(2)5-3-4-6(9)7(8)10/h9-10H,3-5H2,1-2H3. The molecule has 10 heavy (non-hydrogen) atoms. The molecule has 0 aromatic carbocycles. The molecule has 0 amide bonds. The summed E-state index contributed by atoms with van der Waals surface area (Å²) in [7, 11) is 0. The topological polar surface area (TPSA) is 40.5 Å². The second-order valence-electron chi connectivity index (χ2n) is 3.53. The Labute approximate surface area is 61.2 Å². The van der Waals surface area contributed by atoms with Gasteiger partial charge in [0.15, 0.2) is 0 Å². The van der Waals surface area contributed by atoms with Crippen LogP contribution in [0.1, 0.15) is 33.1 Å². The van der Waals surface area contributed by atoms with E-state index in [4.69, 9.17) is 5.11 Å². The zero-order valence-corrected chi connectivity index (χ0v) is 6.52. The summed E-state index contributed by atoms with van der Waals surface area (Å²) in [6, 6.07) is 0. The third kappa shape index (κ3) is 1.11. The highest BCUT2D eigenvalue weighted by Crippen LogP contribution is 2.37. The minimum absolute atomic E-state index is 0.177. The van der Waals surface area contributed by atoms with E-state index < -0.39 is 0 Å². The van der Waals surface area contributed by atoms with Gasteiger partial charge >= 0.3 is 0 Å². The first kappa shape index (κ1) is 7.45. The quantitative estimate of drug-likeness (QED) is 0.545. The van der Waals surface area contributed by atoms with Crippen molar-refractivity contribution in [1.29, 1.82) is 0 Å². The zero-order valence-electron chi connectivity index (χ0n) is 6.52. The number of aliphatic hydroxyl groups excluding tert-OH is 2. The van der Waals surface area contributed by atoms with Crippen molar-refractivity contribution in [2.24, 2.45) is 5.41 Å². The minimum atomic E-state index is -0.206. The molecule has 58 valence electrons. The van der Waals surface area contributed by atoms with E-state index in [1.165, 1.54) is 0 Å². The summed E-state index contributed by atoms with van der Waals surface area (Å²) in [6.45, 7) is 3.88. The largest absolute Gasteiger partial charge is 0.509 e. The van der Waals surface area contributed by atoms with E-state index in [1.54, 1.807) is 0 Å². The number of rotatable bonds is 0. The van der Waals surface area contributed by atoms with Gasteiger partial charge in [0, 0.05) is 11.8 Å². The fourth-order valence-corrected chi connectivity index (χ4v) is 1.33. The van der Waals surface area contributed by atoms with E-state index in [2.05, 4.69) is 0 Å². The Morgan fingerprint density at radius 3 is 2.30 bits per heavy atom. The average molecular weight is 142 g/mol. The first-order valence-electron chi connectivity index (χ1n) is 3.65. The van der Waals surface area contributed by atoms with Crippen LogP contribution in [0, 0.1) is 5.41 Å². The molecule has 0 aliphatic heterocycles. The van der Waals surface area contributed by atoms with Gasteiger partial charge in [0.1, 0.15) is 11.5 Å². The highest BCUT2D eigenvalue weighted by molar-refractivity contribution is 5.11. The van der Waals surface area contributed by atoms with Crippen LogP contribution >= 0.6 is 0 Å². The van der Waals surface area contributed by atoms with Crippen molar-refractivity contribution >= 4 is 0 Å². The van der Waals surface area contributed by atoms with E-state index in [9.17, 15) is 5.11 Å². The maximum atomic E-state index is 9.34. The van der Waals surface area contributed by atoms with Crippen LogP contribution in [-0.4, -0.2) is 10.2 Å². The van der Waals surface area contributed by atoms with Gasteiger partial charge in [-0.15, -0.1) is 0 Å². The Kier molecular flexibility index (Phi) is 1.63. The van der Waals surface area contributed by atoms with Crippen molar-refractivity contribution in [2.45, 2.75) is 33.1 Å². The van der Waals surface area contributed by atoms with Crippen LogP contribution in [0.15, 0.2) is 11.5 Å². The third-order valence-corrected chi connectivity index (χ3v) is 2.13. The number of allylic oxidation sites excluding steroid dienone is 2. The molecule has 0 spiro atoms. The Balaban J connectivity index is 2.89. The number of hydrogen-bond donors (Lipinski definition) is 2. The second kappa shape index (κ2) is 2.19. The Morgan fingerprint density at radius 2 is 1.90 bits per heavy atom. The third-order valence-electron chi connectivity index (χ3n) is 2.13. The highest BCUT2D eigenvalue weighted by atomic mass is 16.3. The molecule has 0 bridgehead atoms. The Bertz CT molecular complexity index is 168. The van der Waals surface area contributed by atoms with E-state index in [0.29, 0.717) is 6.42 Å². The second-order valence-corrected chi connectivity index (χ2v) is 3.53. The molecule has 0 saturated heterocycles. The average Bonchev–Trinajstić information content (AvgIpc) is 1.83. The van der Waals surface area contributed by atoms with E-state index in [1.807, 2.05) is 13.8 Å². The monoisotopic (exact) mass is 142 g/mol. The van der Waals surface area contributed by atoms with E-state index >= 15 is 0 Å². The van der Waals surface area contributed by atoms with Crippen LogP contribution in [0.4, 0.5) is 0 Å². The highest BCUT2D eigenvalue weighted by Gasteiger charge is 2.29. The first-order chi connectivity index (χ1) is 4.54. The van der Waals surface area contributed by atoms with Crippen LogP contribution in [0.5, 0.6) is 0 Å². The van der Waals surface area contributed by atoms with Crippen molar-refractivity contribution in [1.82, 2.24) is 0 Å². The number of hydrogen-bond acceptors (Lipinski definition) is 2. The van der Waals surface area contributed by atoms with Gasteiger partial charge < -0.3 is 10.2 Å². The van der Waals surface area contributed by atoms with Gasteiger partial charge in [-0.1, -0.05) is 13.8 Å². The van der Waals surface area contributed by atoms with Gasteiger partial charge in [-0.05, 0) is 12.8 Å². The van der Waals surface area contributed by atoms with Crippen LogP contribution in [0.3, 0.4) is 0 Å². The van der Waals surface area contributed by atoms with Crippen molar-refractivity contribution in [2.75, 3.05) is 0 Å². The molecule has 0 heterocycles. The lowest BCUT2D eigenvalue weighted by atomic mass is 9.80. The van der Waals surface area contributed by atoms with Gasteiger partial charge in [0.05, 0.1) is 0 Å². The SMILES string of the molecule is CC1(C)CCCC(O)=C1O. The molecule has 2 N–H and O–H groups in total. The fraction of sp³-hybridized carbons (Fsp3) is 0.750. The van der Waals surface area contributed by atoms with Crippen LogP contribution in [0.2, 0.25) is 0 Å². The summed E-state index contributed by atoms with van der Waals surface area (Å²) < 4.78 is 0. The summed E-state index contributed by atoms with van der Waals surface area (Å²) in [5.41, 5.74) is -0.206. The maximum Gasteiger partial charge on any atom is 0.135 e. The van der Waals surface area contributed by atoms with Crippen LogP contribution in [-0.2, 0) is 0 Å². The van der Waals surface area contributed by atoms with Crippen molar-refractivity contribution in [3.63, 3.8) is 0 Å². The molecule has 0 fully saturated rings. The normalized spacial score (nSPS) is 25.0. The molecular formula is C8H14O2. The summed E-state index contributed by atoms with van der Waals surface area (Å²) in [6.07, 6.45) is 2.57.